The van der Waals surface area contributed by atoms with Gasteiger partial charge in [-0.2, -0.15) is 24.4 Å². The van der Waals surface area contributed by atoms with Crippen molar-refractivity contribution in [2.24, 2.45) is 20.5 Å². The van der Waals surface area contributed by atoms with Gasteiger partial charge in [0.25, 0.3) is 0 Å². The number of halogens is 1. The molecule has 0 spiro atoms. The Morgan fingerprint density at radius 3 is 1.57 bits per heavy atom. The summed E-state index contributed by atoms with van der Waals surface area (Å²) in [6, 6.07) is 11.9. The number of anilines is 4. The van der Waals surface area contributed by atoms with Crippen molar-refractivity contribution in [1.29, 1.82) is 0 Å². The average Bonchev–Trinajstić information content (AvgIpc) is 3.39. The van der Waals surface area contributed by atoms with Gasteiger partial charge in [-0.15, -0.1) is 19.7 Å². The average molecular weight is 1370 g/mol. The van der Waals surface area contributed by atoms with Gasteiger partial charge < -0.3 is 49.6 Å². The van der Waals surface area contributed by atoms with E-state index in [9.17, 15) is 81.0 Å². The maximum atomic E-state index is 12.7. The number of azo groups is 2. The van der Waals surface area contributed by atoms with Gasteiger partial charge in [-0.3, -0.25) is 14.3 Å². The second-order valence-corrected chi connectivity index (χ2v) is 24.2. The summed E-state index contributed by atoms with van der Waals surface area (Å²) in [5.74, 6) is -4.21. The van der Waals surface area contributed by atoms with Crippen LogP contribution in [0.4, 0.5) is 46.0 Å². The zero-order valence-electron chi connectivity index (χ0n) is 43.8. The monoisotopic (exact) mass is 1370 g/mol. The molecule has 0 aliphatic carbocycles. The molecule has 4 N–H and O–H groups in total. The van der Waals surface area contributed by atoms with Crippen molar-refractivity contribution in [3.63, 3.8) is 0 Å². The summed E-state index contributed by atoms with van der Waals surface area (Å²) >= 11 is 6.46. The second kappa shape index (κ2) is 34.3. The number of rotatable bonds is 22. The van der Waals surface area contributed by atoms with Crippen LogP contribution in [0.1, 0.15) is 5.56 Å². The Bertz CT molecular complexity index is 4220. The first-order chi connectivity index (χ1) is 36.5. The Morgan fingerprint density at radius 2 is 1.07 bits per heavy atom. The predicted molar refractivity (Wildman–Crippen MR) is 256 cm³/mol. The van der Waals surface area contributed by atoms with Crippen molar-refractivity contribution in [3.05, 3.63) is 89.7 Å². The van der Waals surface area contributed by atoms with Crippen molar-refractivity contribution >= 4 is 154 Å². The summed E-state index contributed by atoms with van der Waals surface area (Å²) < 4.78 is 187. The third-order valence-electron chi connectivity index (χ3n) is 9.99. The van der Waals surface area contributed by atoms with Gasteiger partial charge in [0, 0.05) is 10.8 Å². The van der Waals surface area contributed by atoms with Crippen LogP contribution in [0.25, 0.3) is 21.5 Å². The molecule has 7 aromatic rings. The Hall–Kier alpha value is -0.450. The normalized spacial score (nSPS) is 11.9. The van der Waals surface area contributed by atoms with E-state index in [1.54, 1.807) is 0 Å². The molecule has 0 fully saturated rings. The molecular weight excluding hydrogens is 1350 g/mol. The first-order valence-corrected chi connectivity index (χ1v) is 29.2. The summed E-state index contributed by atoms with van der Waals surface area (Å²) in [7, 11) is -25.8. The summed E-state index contributed by atoms with van der Waals surface area (Å²) in [4.78, 5) is 6.85. The van der Waals surface area contributed by atoms with Crippen molar-refractivity contribution < 1.29 is 281 Å². The van der Waals surface area contributed by atoms with Crippen LogP contribution in [0.5, 0.6) is 11.5 Å². The quantitative estimate of drug-likeness (QED) is 0.00931. The number of fused-ring (bicyclic) bond motifs is 2. The number of hydrogen-bond acceptors (Lipinski definition) is 34. The molecule has 0 atom stereocenters. The first kappa shape index (κ1) is 81.6. The third kappa shape index (κ3) is 21.0. The Kier molecular flexibility index (Phi) is 33.3. The van der Waals surface area contributed by atoms with Gasteiger partial charge in [-0.1, -0.05) is 6.07 Å². The molecule has 32 nitrogen and oxygen atoms in total. The summed E-state index contributed by atoms with van der Waals surface area (Å²) in [6.07, 6.45) is 0. The van der Waals surface area contributed by atoms with Gasteiger partial charge in [0.2, 0.25) is 17.2 Å². The minimum absolute atomic E-state index is 0. The van der Waals surface area contributed by atoms with Crippen LogP contribution in [0.15, 0.2) is 129 Å². The molecule has 0 bridgehead atoms. The number of hydrogen-bond donors (Lipinski definition) is 4. The molecule has 46 heteroatoms. The zero-order valence-corrected chi connectivity index (χ0v) is 62.2. The van der Waals surface area contributed by atoms with Crippen LogP contribution in [0, 0.1) is 6.92 Å². The number of aromatic hydroxyl groups is 2. The predicted octanol–water partition coefficient (Wildman–Crippen LogP) is -13.7. The molecule has 0 aliphatic rings. The molecule has 0 saturated carbocycles. The van der Waals surface area contributed by atoms with Crippen LogP contribution in [-0.4, -0.2) is 97.8 Å². The number of phenolic OH excluding ortho intramolecular Hbond substituents is 2. The number of nitrogens with one attached hydrogen (secondary N) is 2. The molecular formula is C38H24ClN9Na6O23S7. The number of benzene rings is 6. The molecule has 0 aliphatic heterocycles. The van der Waals surface area contributed by atoms with Crippen molar-refractivity contribution in [2.75, 3.05) is 23.0 Å². The Morgan fingerprint density at radius 1 is 0.571 bits per heavy atom. The number of aromatic nitrogens is 3. The standard InChI is InChI=1S/C38H30ClN9O23S7.6Na/c1-17-2-7-24(28(10-17)77(61,62)63)46-48-33-29(78(64,65)66)14-19-12-23(76(58,59)60)16-26(31(19)35(33)50)41-38-43-36(39)42-37(44-38)40-25-15-22(75(55,56)57)11-18-13-27(72-70-68-51)32(34(49)30(18)25)47-45-20-3-5-21(6-4-20)74(53,54)9-8-67-73-71-69-52;;;;;;/h2-7,10-16,49-52H,8-9H2,1H3,(H,55,56,57)(H,58,59,60)(H,61,62,63)(H,64,65,66)(H2,40,41,42,43,44);;;;;;/q;6*+1/p-6. The van der Waals surface area contributed by atoms with Gasteiger partial charge in [0.05, 0.1) is 70.8 Å². The molecule has 7 rings (SSSR count). The molecule has 1 heterocycles. The van der Waals surface area contributed by atoms with Gasteiger partial charge in [-0.25, -0.2) is 42.1 Å². The van der Waals surface area contributed by atoms with E-state index in [-0.39, 0.29) is 228 Å². The molecule has 414 valence electrons. The van der Waals surface area contributed by atoms with Crippen LogP contribution in [0.3, 0.4) is 0 Å². The van der Waals surface area contributed by atoms with E-state index in [0.29, 0.717) is 24.3 Å². The Balaban J connectivity index is 0.00000588. The minimum Gasteiger partial charge on any atom is -0.744 e. The molecule has 0 saturated heterocycles. The van der Waals surface area contributed by atoms with Gasteiger partial charge in [0.1, 0.15) is 57.5 Å². The zero-order chi connectivity index (χ0) is 57.1. The van der Waals surface area contributed by atoms with Crippen molar-refractivity contribution in [2.45, 2.75) is 36.3 Å². The maximum absolute atomic E-state index is 12.7. The number of aryl methyl sites for hydroxylation is 1. The van der Waals surface area contributed by atoms with Crippen LogP contribution >= 0.6 is 36.0 Å². The van der Waals surface area contributed by atoms with E-state index in [4.69, 9.17) is 15.8 Å². The molecule has 84 heavy (non-hydrogen) atoms. The molecule has 0 amide bonds. The fourth-order valence-electron chi connectivity index (χ4n) is 6.77. The van der Waals surface area contributed by atoms with E-state index < -0.39 is 156 Å². The van der Waals surface area contributed by atoms with Crippen LogP contribution in [-0.2, 0) is 73.2 Å². The minimum atomic E-state index is -5.72. The number of phenols is 2. The number of nitrogens with zero attached hydrogens (tertiary/aromatic N) is 7. The van der Waals surface area contributed by atoms with Crippen LogP contribution < -0.4 is 198 Å². The topological polar surface area (TPSA) is 508 Å². The molecule has 6 aromatic carbocycles. The fraction of sp³-hybridized carbons (Fsp3) is 0.0789. The van der Waals surface area contributed by atoms with E-state index in [1.165, 1.54) is 25.1 Å². The van der Waals surface area contributed by atoms with Gasteiger partial charge in [-0.05, 0) is 108 Å². The third-order valence-corrected chi connectivity index (χ3v) is 16.2. The van der Waals surface area contributed by atoms with E-state index in [2.05, 4.69) is 64.8 Å². The first-order valence-electron chi connectivity index (χ1n) is 20.1. The van der Waals surface area contributed by atoms with E-state index in [1.807, 2.05) is 0 Å². The summed E-state index contributed by atoms with van der Waals surface area (Å²) in [5.41, 5.74) is -3.43. The molecule has 1 aromatic heterocycles. The fourth-order valence-corrected chi connectivity index (χ4v) is 11.2. The largest absolute Gasteiger partial charge is 1.00 e. The van der Waals surface area contributed by atoms with Crippen molar-refractivity contribution in [3.8, 4) is 11.5 Å². The summed E-state index contributed by atoms with van der Waals surface area (Å²) in [5, 5.41) is 68.0. The maximum Gasteiger partial charge on any atom is 1.00 e. The molecule has 0 unspecified atom stereocenters. The molecule has 0 radical (unpaired) electrons. The SMILES string of the molecule is Cc1ccc(N=Nc2c(S(=O)(=O)[O-])cc3cc(S(=O)(=O)[O-])cc(Nc4nc(Cl)nc(Nc5cc(S(=O)(=O)[O-])cc6cc(SOO[O-])c(N=Nc7ccc(S(=O)(=O)CCOSOO[O-])cc7)c(O)c56)n4)c3c2O)c(S(=O)(=O)[O-])c1.[Na+].[Na+].[Na+].[Na+].[Na+].[Na+]. The van der Waals surface area contributed by atoms with E-state index in [0.717, 1.165) is 36.4 Å². The van der Waals surface area contributed by atoms with E-state index >= 15 is 0 Å². The van der Waals surface area contributed by atoms with Gasteiger partial charge >= 0.3 is 177 Å². The second-order valence-electron chi connectivity index (χ2n) is 15.0. The Labute approximate surface area is 621 Å². The van der Waals surface area contributed by atoms with Crippen molar-refractivity contribution in [1.82, 2.24) is 15.0 Å². The number of sulfone groups is 1. The van der Waals surface area contributed by atoms with Crippen LogP contribution in [0.2, 0.25) is 5.28 Å². The summed E-state index contributed by atoms with van der Waals surface area (Å²) in [6.45, 7) is 0.986. The van der Waals surface area contributed by atoms with Gasteiger partial charge in [0.15, 0.2) is 33.7 Å². The smallest absolute Gasteiger partial charge is 0.744 e.